The van der Waals surface area contributed by atoms with E-state index in [2.05, 4.69) is 10.3 Å². The minimum Gasteiger partial charge on any atom is -0.490 e. The van der Waals surface area contributed by atoms with E-state index in [0.29, 0.717) is 18.8 Å². The van der Waals surface area contributed by atoms with E-state index in [-0.39, 0.29) is 30.3 Å². The number of benzene rings is 1. The molecule has 1 aliphatic heterocycles. The summed E-state index contributed by atoms with van der Waals surface area (Å²) in [6.45, 7) is 0.855. The predicted octanol–water partition coefficient (Wildman–Crippen LogP) is 3.39. The Morgan fingerprint density at radius 3 is 2.82 bits per heavy atom. The molecule has 1 aliphatic carbocycles. The third kappa shape index (κ3) is 4.50. The number of anilines is 1. The molecule has 2 heterocycles. The van der Waals surface area contributed by atoms with Crippen LogP contribution < -0.4 is 10.1 Å². The molecule has 0 spiro atoms. The van der Waals surface area contributed by atoms with Gasteiger partial charge in [0.05, 0.1) is 24.3 Å². The molecule has 2 aromatic rings. The molecule has 6 heteroatoms. The van der Waals surface area contributed by atoms with Gasteiger partial charge in [0.15, 0.2) is 0 Å². The van der Waals surface area contributed by atoms with Crippen molar-refractivity contribution in [2.24, 2.45) is 5.92 Å². The number of hydrogen-bond acceptors (Lipinski definition) is 4. The number of rotatable bonds is 6. The number of carbonyl (C=O) groups excluding carboxylic acids is 2. The zero-order valence-electron chi connectivity index (χ0n) is 15.8. The van der Waals surface area contributed by atoms with Crippen molar-refractivity contribution in [1.82, 2.24) is 9.88 Å². The average Bonchev–Trinajstić information content (AvgIpc) is 3.33. The molecule has 6 nitrogen and oxygen atoms in total. The Kier molecular flexibility index (Phi) is 5.55. The molecular weight excluding hydrogens is 354 g/mol. The summed E-state index contributed by atoms with van der Waals surface area (Å²) in [6.07, 6.45) is 6.83. The molecule has 1 aromatic carbocycles. The Balaban J connectivity index is 1.34. The van der Waals surface area contributed by atoms with Gasteiger partial charge in [0.1, 0.15) is 5.75 Å². The molecule has 2 fully saturated rings. The number of nitrogens with zero attached hydrogens (tertiary/aromatic N) is 2. The van der Waals surface area contributed by atoms with E-state index in [9.17, 15) is 9.59 Å². The summed E-state index contributed by atoms with van der Waals surface area (Å²) in [5, 5.41) is 2.94. The van der Waals surface area contributed by atoms with Crippen LogP contribution in [0.25, 0.3) is 0 Å². The van der Waals surface area contributed by atoms with Crippen molar-refractivity contribution in [1.29, 1.82) is 0 Å². The molecule has 2 amide bonds. The van der Waals surface area contributed by atoms with Crippen molar-refractivity contribution in [3.8, 4) is 5.75 Å². The first-order valence-electron chi connectivity index (χ1n) is 9.92. The molecule has 2 aliphatic rings. The minimum absolute atomic E-state index is 0.0101. The standard InChI is InChI=1S/C22H25N3O3/c26-21-12-16(14-25(21)15-18-6-3-4-11-23-18)22(27)24-17-7-5-10-20(13-17)28-19-8-1-2-9-19/h3-7,10-11,13,16,19H,1-2,8-9,12,14-15H2,(H,24,27). The van der Waals surface area contributed by atoms with E-state index in [0.717, 1.165) is 24.3 Å². The molecule has 0 radical (unpaired) electrons. The first-order valence-corrected chi connectivity index (χ1v) is 9.92. The third-order valence-corrected chi connectivity index (χ3v) is 5.37. The second kappa shape index (κ2) is 8.42. The van der Waals surface area contributed by atoms with Crippen LogP contribution in [0.15, 0.2) is 48.7 Å². The van der Waals surface area contributed by atoms with Crippen LogP contribution >= 0.6 is 0 Å². The highest BCUT2D eigenvalue weighted by atomic mass is 16.5. The Labute approximate surface area is 164 Å². The van der Waals surface area contributed by atoms with Crippen LogP contribution in [-0.4, -0.2) is 34.3 Å². The number of hydrogen-bond donors (Lipinski definition) is 1. The van der Waals surface area contributed by atoms with Gasteiger partial charge in [-0.1, -0.05) is 12.1 Å². The summed E-state index contributed by atoms with van der Waals surface area (Å²) in [4.78, 5) is 30.9. The van der Waals surface area contributed by atoms with Gasteiger partial charge in [-0.05, 0) is 49.9 Å². The van der Waals surface area contributed by atoms with Crippen molar-refractivity contribution in [2.75, 3.05) is 11.9 Å². The molecule has 28 heavy (non-hydrogen) atoms. The molecule has 1 unspecified atom stereocenters. The highest BCUT2D eigenvalue weighted by Gasteiger charge is 2.34. The van der Waals surface area contributed by atoms with Crippen molar-refractivity contribution < 1.29 is 14.3 Å². The predicted molar refractivity (Wildman–Crippen MR) is 106 cm³/mol. The molecule has 0 bridgehead atoms. The van der Waals surface area contributed by atoms with Crippen LogP contribution in [0, 0.1) is 5.92 Å². The lowest BCUT2D eigenvalue weighted by Gasteiger charge is -2.16. The Hall–Kier alpha value is -2.89. The van der Waals surface area contributed by atoms with E-state index in [1.807, 2.05) is 42.5 Å². The lowest BCUT2D eigenvalue weighted by atomic mass is 10.1. The van der Waals surface area contributed by atoms with Gasteiger partial charge >= 0.3 is 0 Å². The number of amides is 2. The zero-order valence-corrected chi connectivity index (χ0v) is 15.8. The fraction of sp³-hybridized carbons (Fsp3) is 0.409. The molecule has 1 N–H and O–H groups in total. The van der Waals surface area contributed by atoms with Crippen molar-refractivity contribution >= 4 is 17.5 Å². The highest BCUT2D eigenvalue weighted by Crippen LogP contribution is 2.27. The number of aromatic nitrogens is 1. The van der Waals surface area contributed by atoms with Crippen molar-refractivity contribution in [3.05, 3.63) is 54.4 Å². The molecule has 146 valence electrons. The van der Waals surface area contributed by atoms with Gasteiger partial charge < -0.3 is 15.0 Å². The second-order valence-electron chi connectivity index (χ2n) is 7.54. The lowest BCUT2D eigenvalue weighted by Crippen LogP contribution is -2.28. The van der Waals surface area contributed by atoms with Crippen LogP contribution in [0.1, 0.15) is 37.8 Å². The quantitative estimate of drug-likeness (QED) is 0.835. The monoisotopic (exact) mass is 379 g/mol. The average molecular weight is 379 g/mol. The van der Waals surface area contributed by atoms with Crippen molar-refractivity contribution in [2.45, 2.75) is 44.8 Å². The fourth-order valence-electron chi connectivity index (χ4n) is 3.88. The molecule has 1 aromatic heterocycles. The number of pyridine rings is 1. The molecule has 4 rings (SSSR count). The summed E-state index contributed by atoms with van der Waals surface area (Å²) < 4.78 is 6.00. The summed E-state index contributed by atoms with van der Waals surface area (Å²) in [7, 11) is 0. The molecule has 1 atom stereocenters. The molecule has 1 saturated heterocycles. The second-order valence-corrected chi connectivity index (χ2v) is 7.54. The van der Waals surface area contributed by atoms with Gasteiger partial charge in [0, 0.05) is 30.9 Å². The highest BCUT2D eigenvalue weighted by molar-refractivity contribution is 5.97. The summed E-state index contributed by atoms with van der Waals surface area (Å²) in [6, 6.07) is 13.1. The van der Waals surface area contributed by atoms with Crippen molar-refractivity contribution in [3.63, 3.8) is 0 Å². The summed E-state index contributed by atoms with van der Waals surface area (Å²) >= 11 is 0. The Morgan fingerprint density at radius 1 is 1.18 bits per heavy atom. The topological polar surface area (TPSA) is 71.5 Å². The van der Waals surface area contributed by atoms with Gasteiger partial charge in [-0.2, -0.15) is 0 Å². The van der Waals surface area contributed by atoms with E-state index >= 15 is 0 Å². The molecular formula is C22H25N3O3. The van der Waals surface area contributed by atoms with Gasteiger partial charge in [-0.3, -0.25) is 14.6 Å². The first kappa shape index (κ1) is 18.5. The summed E-state index contributed by atoms with van der Waals surface area (Å²) in [5.41, 5.74) is 1.53. The van der Waals surface area contributed by atoms with Crippen LogP contribution in [0.2, 0.25) is 0 Å². The number of carbonyl (C=O) groups is 2. The minimum atomic E-state index is -0.351. The van der Waals surface area contributed by atoms with E-state index in [1.165, 1.54) is 12.8 Å². The van der Waals surface area contributed by atoms with Gasteiger partial charge in [-0.25, -0.2) is 0 Å². The lowest BCUT2D eigenvalue weighted by molar-refractivity contribution is -0.128. The maximum absolute atomic E-state index is 12.7. The largest absolute Gasteiger partial charge is 0.490 e. The van der Waals surface area contributed by atoms with E-state index in [1.54, 1.807) is 11.1 Å². The van der Waals surface area contributed by atoms with E-state index < -0.39 is 0 Å². The van der Waals surface area contributed by atoms with Crippen LogP contribution in [0.3, 0.4) is 0 Å². The number of likely N-dealkylation sites (tertiary alicyclic amines) is 1. The Morgan fingerprint density at radius 2 is 2.04 bits per heavy atom. The van der Waals surface area contributed by atoms with Crippen LogP contribution in [0.5, 0.6) is 5.75 Å². The normalized spacial score (nSPS) is 19.8. The van der Waals surface area contributed by atoms with E-state index in [4.69, 9.17) is 4.74 Å². The fourth-order valence-corrected chi connectivity index (χ4v) is 3.88. The maximum atomic E-state index is 12.7. The van der Waals surface area contributed by atoms with Crippen LogP contribution in [-0.2, 0) is 16.1 Å². The number of nitrogens with one attached hydrogen (secondary N) is 1. The Bertz CT molecular complexity index is 834. The SMILES string of the molecule is O=C(Nc1cccc(OC2CCCC2)c1)C1CC(=O)N(Cc2ccccn2)C1. The maximum Gasteiger partial charge on any atom is 0.229 e. The van der Waals surface area contributed by atoms with Gasteiger partial charge in [0.2, 0.25) is 11.8 Å². The molecule has 1 saturated carbocycles. The third-order valence-electron chi connectivity index (χ3n) is 5.37. The van der Waals surface area contributed by atoms with Crippen LogP contribution in [0.4, 0.5) is 5.69 Å². The first-order chi connectivity index (χ1) is 13.7. The smallest absolute Gasteiger partial charge is 0.229 e. The summed E-state index contributed by atoms with van der Waals surface area (Å²) in [5.74, 6) is 0.290. The van der Waals surface area contributed by atoms with Gasteiger partial charge in [-0.15, -0.1) is 0 Å². The zero-order chi connectivity index (χ0) is 19.3. The van der Waals surface area contributed by atoms with Gasteiger partial charge in [0.25, 0.3) is 0 Å². The number of ether oxygens (including phenoxy) is 1.